The summed E-state index contributed by atoms with van der Waals surface area (Å²) in [6, 6.07) is 135. The third kappa shape index (κ3) is 11.8. The monoisotopic (exact) mass is 1420 g/mol. The first-order chi connectivity index (χ1) is 54.9. The van der Waals surface area contributed by atoms with E-state index in [9.17, 15) is 0 Å². The van der Waals surface area contributed by atoms with Crippen molar-refractivity contribution in [3.63, 3.8) is 0 Å². The lowest BCUT2D eigenvalue weighted by Gasteiger charge is -2.28. The second-order valence-electron chi connectivity index (χ2n) is 29.0. The minimum Gasteiger partial charge on any atom is -0.359 e. The Morgan fingerprint density at radius 1 is 0.234 bits per heavy atom. The van der Waals surface area contributed by atoms with Crippen LogP contribution in [0, 0.1) is 6.92 Å². The van der Waals surface area contributed by atoms with Crippen LogP contribution in [-0.4, -0.2) is 24.9 Å². The Balaban J connectivity index is 0.570. The van der Waals surface area contributed by atoms with Crippen LogP contribution in [0.4, 0.5) is 34.1 Å². The highest BCUT2D eigenvalue weighted by Crippen LogP contribution is 2.54. The molecule has 0 saturated carbocycles. The van der Waals surface area contributed by atoms with E-state index in [0.29, 0.717) is 23.3 Å². The van der Waals surface area contributed by atoms with E-state index >= 15 is 0 Å². The van der Waals surface area contributed by atoms with Crippen molar-refractivity contribution in [1.29, 1.82) is 0 Å². The smallest absolute Gasteiger partial charge is 0.164 e. The van der Waals surface area contributed by atoms with E-state index < -0.39 is 0 Å². The molecule has 2 aliphatic heterocycles. The Kier molecular flexibility index (Phi) is 15.7. The van der Waals surface area contributed by atoms with Crippen molar-refractivity contribution >= 4 is 88.0 Å². The summed E-state index contributed by atoms with van der Waals surface area (Å²) in [5.41, 5.74) is 24.6. The molecule has 111 heavy (non-hydrogen) atoms. The van der Waals surface area contributed by atoms with E-state index in [2.05, 4.69) is 373 Å². The summed E-state index contributed by atoms with van der Waals surface area (Å²) in [7, 11) is 0. The van der Waals surface area contributed by atoms with Crippen LogP contribution < -0.4 is 20.4 Å². The van der Waals surface area contributed by atoms with Gasteiger partial charge in [0.25, 0.3) is 0 Å². The van der Waals surface area contributed by atoms with Gasteiger partial charge in [-0.3, -0.25) is 0 Å². The molecule has 0 amide bonds. The molecule has 21 rings (SSSR count). The first-order valence-corrected chi connectivity index (χ1v) is 37.8. The van der Waals surface area contributed by atoms with Crippen molar-refractivity contribution in [3.05, 3.63) is 393 Å². The Hall–Kier alpha value is -14.7. The number of rotatable bonds is 13. The van der Waals surface area contributed by atoms with Gasteiger partial charge in [0.15, 0.2) is 23.3 Å². The van der Waals surface area contributed by atoms with Crippen LogP contribution in [0.25, 0.3) is 155 Å². The molecule has 522 valence electrons. The van der Waals surface area contributed by atoms with Crippen LogP contribution in [0.2, 0.25) is 0 Å². The number of hydrogen-bond donors (Lipinski definition) is 2. The van der Waals surface area contributed by atoms with Gasteiger partial charge in [0, 0.05) is 55.5 Å². The molecule has 0 aliphatic carbocycles. The van der Waals surface area contributed by atoms with Gasteiger partial charge in [-0.25, -0.2) is 24.9 Å². The lowest BCUT2D eigenvalue weighted by atomic mass is 9.95. The van der Waals surface area contributed by atoms with Crippen molar-refractivity contribution in [2.24, 2.45) is 0 Å². The number of anilines is 6. The Morgan fingerprint density at radius 2 is 0.586 bits per heavy atom. The van der Waals surface area contributed by atoms with E-state index in [0.717, 1.165) is 134 Å². The van der Waals surface area contributed by atoms with Crippen LogP contribution >= 0.6 is 0 Å². The number of hydrogen-bond acceptors (Lipinski definition) is 9. The lowest BCUT2D eigenvalue weighted by molar-refractivity contribution is 0.828. The summed E-state index contributed by atoms with van der Waals surface area (Å²) in [5.74, 6) is 2.51. The van der Waals surface area contributed by atoms with E-state index in [1.54, 1.807) is 0 Å². The fourth-order valence-electron chi connectivity index (χ4n) is 16.6. The third-order valence-electron chi connectivity index (χ3n) is 22.1. The molecule has 2 atom stereocenters. The third-order valence-corrected chi connectivity index (χ3v) is 22.1. The summed E-state index contributed by atoms with van der Waals surface area (Å²) in [4.78, 5) is 31.0. The molecule has 2 aromatic heterocycles. The molecule has 17 aromatic carbocycles. The molecule has 9 nitrogen and oxygen atoms in total. The summed E-state index contributed by atoms with van der Waals surface area (Å²) in [6.45, 7) is 2.16. The highest BCUT2D eigenvalue weighted by Gasteiger charge is 2.36. The zero-order valence-corrected chi connectivity index (χ0v) is 60.6. The molecule has 2 unspecified atom stereocenters. The van der Waals surface area contributed by atoms with Crippen LogP contribution in [0.15, 0.2) is 376 Å². The molecular formula is C102H69N9. The fraction of sp³-hybridized carbons (Fsp3) is 0.0294. The van der Waals surface area contributed by atoms with Gasteiger partial charge >= 0.3 is 0 Å². The standard InChI is InChI=1S/C102H69N9/c1-64-20-17-31-84(56-64)102-106-90-55-51-69-39-46-80-59-78(49-53-88(80)94(69)96(90)111(102)86-34-15-6-16-35-86)73-28-19-30-82(61-73)99-107-97(70-25-11-4-12-26-70)108-100(109-99)83-47-44-75-57-74(42-43-76(75)62-83)65-36-40-71(41-37-65)101-105-89-54-50-68-38-45-79-58-77(48-52-87(79)93(68)95(89)110(101)85-32-13-5-14-33-85)72-27-18-29-81(60-72)98-103-91(66-21-7-2-8-22-66)63-92(104-98)67-23-9-3-10-24-67/h2-63,101-102,105-106H,1H3. The van der Waals surface area contributed by atoms with E-state index in [4.69, 9.17) is 24.9 Å². The maximum absolute atomic E-state index is 5.29. The van der Waals surface area contributed by atoms with Gasteiger partial charge in [-0.15, -0.1) is 0 Å². The van der Waals surface area contributed by atoms with Crippen LogP contribution in [0.1, 0.15) is 29.0 Å². The number of aryl methyl sites for hydroxylation is 1. The van der Waals surface area contributed by atoms with Crippen molar-refractivity contribution in [2.75, 3.05) is 20.4 Å². The van der Waals surface area contributed by atoms with Crippen molar-refractivity contribution in [3.8, 4) is 101 Å². The predicted octanol–water partition coefficient (Wildman–Crippen LogP) is 26.3. The maximum atomic E-state index is 5.29. The van der Waals surface area contributed by atoms with Crippen LogP contribution in [0.5, 0.6) is 0 Å². The summed E-state index contributed by atoms with van der Waals surface area (Å²) in [5, 5.41) is 19.6. The lowest BCUT2D eigenvalue weighted by Crippen LogP contribution is -2.23. The minimum atomic E-state index is -0.181. The van der Waals surface area contributed by atoms with Gasteiger partial charge in [0.2, 0.25) is 0 Å². The number of nitrogens with one attached hydrogen (secondary N) is 2. The Labute approximate surface area is 642 Å². The first kappa shape index (κ1) is 64.7. The molecule has 0 saturated heterocycles. The summed E-state index contributed by atoms with van der Waals surface area (Å²) >= 11 is 0. The Morgan fingerprint density at radius 3 is 1.10 bits per heavy atom. The summed E-state index contributed by atoms with van der Waals surface area (Å²) < 4.78 is 0. The van der Waals surface area contributed by atoms with Crippen molar-refractivity contribution in [2.45, 2.75) is 19.3 Å². The molecule has 2 aliphatic rings. The predicted molar refractivity (Wildman–Crippen MR) is 459 cm³/mol. The number of aromatic nitrogens is 5. The topological polar surface area (TPSA) is 95.0 Å². The highest BCUT2D eigenvalue weighted by molar-refractivity contribution is 6.20. The van der Waals surface area contributed by atoms with Gasteiger partial charge in [-0.2, -0.15) is 0 Å². The molecule has 9 heteroatoms. The molecule has 0 fully saturated rings. The average molecular weight is 1420 g/mol. The fourth-order valence-corrected chi connectivity index (χ4v) is 16.6. The maximum Gasteiger partial charge on any atom is 0.164 e. The van der Waals surface area contributed by atoms with Crippen molar-refractivity contribution < 1.29 is 0 Å². The average Bonchev–Trinajstić information content (AvgIpc) is 0.812. The second-order valence-corrected chi connectivity index (χ2v) is 29.0. The molecule has 2 N–H and O–H groups in total. The second kappa shape index (κ2) is 27.0. The number of fused-ring (bicyclic) bond motifs is 11. The first-order valence-electron chi connectivity index (χ1n) is 37.8. The van der Waals surface area contributed by atoms with E-state index in [1.807, 2.05) is 30.3 Å². The van der Waals surface area contributed by atoms with E-state index in [-0.39, 0.29) is 12.3 Å². The molecule has 0 spiro atoms. The molecule has 19 aromatic rings. The van der Waals surface area contributed by atoms with Crippen LogP contribution in [-0.2, 0) is 0 Å². The van der Waals surface area contributed by atoms with Crippen molar-refractivity contribution in [1.82, 2.24) is 24.9 Å². The molecule has 0 bridgehead atoms. The Bertz CT molecular complexity index is 6800. The van der Waals surface area contributed by atoms with Gasteiger partial charge in [-0.05, 0) is 173 Å². The zero-order valence-electron chi connectivity index (χ0n) is 60.6. The highest BCUT2D eigenvalue weighted by atomic mass is 15.3. The number of benzene rings is 17. The zero-order chi connectivity index (χ0) is 73.5. The summed E-state index contributed by atoms with van der Waals surface area (Å²) in [6.07, 6.45) is -0.255. The number of para-hydroxylation sites is 2. The normalized spacial score (nSPS) is 13.7. The van der Waals surface area contributed by atoms with Crippen LogP contribution in [0.3, 0.4) is 0 Å². The van der Waals surface area contributed by atoms with E-state index in [1.165, 1.54) is 49.1 Å². The molecule has 0 radical (unpaired) electrons. The van der Waals surface area contributed by atoms with Gasteiger partial charge < -0.3 is 20.4 Å². The van der Waals surface area contributed by atoms with Gasteiger partial charge in [0.05, 0.1) is 34.1 Å². The largest absolute Gasteiger partial charge is 0.359 e. The molecule has 4 heterocycles. The van der Waals surface area contributed by atoms with Gasteiger partial charge in [-0.1, -0.05) is 303 Å². The SMILES string of the molecule is Cc1cccc(C2Nc3ccc4ccc5cc(-c6cccc(-c7nc(-c8ccccc8)nc(-c8ccc9cc(-c%10ccc(C%11Nc%12ccc%13ccc%14cc(-c%15cccc(-c%16nc(-c%17ccccc%17)cc(-c%17ccccc%17)n%16)c%15)ccc%14c%13c%12N%11c%11ccccc%11)cc%10)ccc9c8)n7)c6)ccc5c4c3N2c2ccccc2)c1. The minimum absolute atomic E-state index is 0.0737. The quantitative estimate of drug-likeness (QED) is 0.109. The molecular weight excluding hydrogens is 1350 g/mol. The van der Waals surface area contributed by atoms with Gasteiger partial charge in [0.1, 0.15) is 12.3 Å². The number of nitrogens with zero attached hydrogens (tertiary/aromatic N) is 7.